The molecule has 1 aliphatic heterocycles. The van der Waals surface area contributed by atoms with Crippen molar-refractivity contribution in [3.63, 3.8) is 0 Å². The van der Waals surface area contributed by atoms with Gasteiger partial charge in [-0.3, -0.25) is 4.79 Å². The van der Waals surface area contributed by atoms with Crippen molar-refractivity contribution in [3.8, 4) is 0 Å². The second-order valence-electron chi connectivity index (χ2n) is 10.3. The molecule has 0 aromatic heterocycles. The van der Waals surface area contributed by atoms with E-state index in [2.05, 4.69) is 70.9 Å². The van der Waals surface area contributed by atoms with Crippen LogP contribution in [-0.4, -0.2) is 40.7 Å². The van der Waals surface area contributed by atoms with Gasteiger partial charge < -0.3 is 10.2 Å². The first kappa shape index (κ1) is 27.0. The van der Waals surface area contributed by atoms with Gasteiger partial charge in [0.1, 0.15) is 0 Å². The van der Waals surface area contributed by atoms with E-state index in [1.54, 1.807) is 12.1 Å². The van der Waals surface area contributed by atoms with E-state index in [-0.39, 0.29) is 11.9 Å². The monoisotopic (exact) mass is 536 g/mol. The number of carbonyl (C=O) groups is 1. The minimum Gasteiger partial charge on any atom is -0.349 e. The summed E-state index contributed by atoms with van der Waals surface area (Å²) >= 11 is 0. The third kappa shape index (κ3) is 6.92. The number of benzene rings is 4. The van der Waals surface area contributed by atoms with Gasteiger partial charge in [0, 0.05) is 29.9 Å². The number of likely N-dealkylation sites (tertiary alicyclic amines) is 1. The Morgan fingerprint density at radius 2 is 1.38 bits per heavy atom. The Hall–Kier alpha value is -3.54. The molecule has 0 saturated carbocycles. The van der Waals surface area contributed by atoms with Crippen molar-refractivity contribution in [1.29, 1.82) is 0 Å². The summed E-state index contributed by atoms with van der Waals surface area (Å²) in [6, 6.07) is 36.5. The van der Waals surface area contributed by atoms with E-state index in [4.69, 9.17) is 0 Å². The van der Waals surface area contributed by atoms with Gasteiger partial charge in [-0.25, -0.2) is 4.21 Å². The first-order valence-corrected chi connectivity index (χ1v) is 14.9. The number of nitrogens with zero attached hydrogens (tertiary/aromatic N) is 1. The fourth-order valence-electron chi connectivity index (χ4n) is 5.38. The summed E-state index contributed by atoms with van der Waals surface area (Å²) in [4.78, 5) is 17.1. The molecule has 0 aliphatic carbocycles. The number of nitrogens with one attached hydrogen (secondary N) is 1. The summed E-state index contributed by atoms with van der Waals surface area (Å²) in [5.74, 6) is 0.230. The Bertz CT molecular complexity index is 1340. The lowest BCUT2D eigenvalue weighted by Gasteiger charge is -2.33. The fourth-order valence-corrected chi connectivity index (χ4v) is 6.58. The topological polar surface area (TPSA) is 49.4 Å². The molecule has 1 fully saturated rings. The molecule has 1 atom stereocenters. The van der Waals surface area contributed by atoms with Gasteiger partial charge >= 0.3 is 0 Å². The maximum Gasteiger partial charge on any atom is 0.252 e. The Labute approximate surface area is 234 Å². The highest BCUT2D eigenvalue weighted by Crippen LogP contribution is 2.29. The van der Waals surface area contributed by atoms with E-state index >= 15 is 0 Å². The molecule has 200 valence electrons. The number of hydrogen-bond acceptors (Lipinski definition) is 3. The zero-order valence-corrected chi connectivity index (χ0v) is 23.3. The number of piperidine rings is 1. The fraction of sp³-hybridized carbons (Fsp3) is 0.265. The molecule has 4 nitrogen and oxygen atoms in total. The Balaban J connectivity index is 1.17. The first-order chi connectivity index (χ1) is 19.1. The van der Waals surface area contributed by atoms with Crippen molar-refractivity contribution in [2.45, 2.75) is 47.9 Å². The lowest BCUT2D eigenvalue weighted by atomic mass is 9.88. The van der Waals surface area contributed by atoms with Gasteiger partial charge in [0.05, 0.1) is 21.3 Å². The second kappa shape index (κ2) is 13.0. The summed E-state index contributed by atoms with van der Waals surface area (Å²) in [5.41, 5.74) is 4.32. The molecule has 1 amide bonds. The normalized spacial score (nSPS) is 15.2. The van der Waals surface area contributed by atoms with E-state index in [0.717, 1.165) is 44.5 Å². The van der Waals surface area contributed by atoms with Crippen LogP contribution in [0, 0.1) is 6.92 Å². The van der Waals surface area contributed by atoms with Gasteiger partial charge in [-0.1, -0.05) is 90.5 Å². The highest BCUT2D eigenvalue weighted by molar-refractivity contribution is 7.85. The van der Waals surface area contributed by atoms with Crippen molar-refractivity contribution < 1.29 is 9.00 Å². The molecule has 0 spiro atoms. The van der Waals surface area contributed by atoms with Crippen molar-refractivity contribution in [1.82, 2.24) is 10.2 Å². The number of hydrogen-bond donors (Lipinski definition) is 1. The molecule has 1 saturated heterocycles. The van der Waals surface area contributed by atoms with Gasteiger partial charge in [0.2, 0.25) is 0 Å². The largest absolute Gasteiger partial charge is 0.349 e. The summed E-state index contributed by atoms with van der Waals surface area (Å²) < 4.78 is 13.3. The van der Waals surface area contributed by atoms with Gasteiger partial charge in [0.15, 0.2) is 0 Å². The molecule has 0 bridgehead atoms. The van der Waals surface area contributed by atoms with Crippen LogP contribution in [0.3, 0.4) is 0 Å². The second-order valence-corrected chi connectivity index (χ2v) is 11.8. The van der Waals surface area contributed by atoms with Crippen molar-refractivity contribution in [2.75, 3.05) is 19.6 Å². The van der Waals surface area contributed by atoms with Gasteiger partial charge in [-0.15, -0.1) is 0 Å². The van der Waals surface area contributed by atoms with Gasteiger partial charge in [-0.05, 0) is 68.1 Å². The van der Waals surface area contributed by atoms with E-state index in [0.29, 0.717) is 21.3 Å². The zero-order chi connectivity index (χ0) is 27.0. The average molecular weight is 537 g/mol. The maximum absolute atomic E-state index is 13.3. The standard InChI is InChI=1S/C34H36N2O2S/c1-26-16-18-30(19-17-26)39(38)33-15-9-8-14-32(33)34(37)35-29-20-23-36(24-21-29)25-22-31(27-10-4-2-5-11-27)28-12-6-3-7-13-28/h2-19,29,31H,20-25H2,1H3,(H,35,37). The molecule has 1 unspecified atom stereocenters. The van der Waals surface area contributed by atoms with Crippen LogP contribution in [0.1, 0.15) is 52.2 Å². The number of rotatable bonds is 9. The predicted octanol–water partition coefficient (Wildman–Crippen LogP) is 6.58. The van der Waals surface area contributed by atoms with Crippen LogP contribution < -0.4 is 5.32 Å². The quantitative estimate of drug-likeness (QED) is 0.263. The summed E-state index contributed by atoms with van der Waals surface area (Å²) in [6.07, 6.45) is 2.88. The molecular weight excluding hydrogens is 500 g/mol. The van der Waals surface area contributed by atoms with Crippen molar-refractivity contribution >= 4 is 16.7 Å². The van der Waals surface area contributed by atoms with E-state index in [1.807, 2.05) is 43.3 Å². The lowest BCUT2D eigenvalue weighted by Crippen LogP contribution is -2.45. The number of carbonyl (C=O) groups excluding carboxylic acids is 1. The molecular formula is C34H36N2O2S. The Kier molecular flexibility index (Phi) is 9.02. The van der Waals surface area contributed by atoms with E-state index in [1.165, 1.54) is 11.1 Å². The lowest BCUT2D eigenvalue weighted by molar-refractivity contribution is 0.0907. The highest BCUT2D eigenvalue weighted by atomic mass is 32.2. The summed E-state index contributed by atoms with van der Waals surface area (Å²) in [6.45, 7) is 4.94. The molecule has 4 aromatic rings. The zero-order valence-electron chi connectivity index (χ0n) is 22.5. The van der Waals surface area contributed by atoms with Crippen LogP contribution in [0.4, 0.5) is 0 Å². The molecule has 1 heterocycles. The molecule has 1 N–H and O–H groups in total. The van der Waals surface area contributed by atoms with Crippen molar-refractivity contribution in [3.05, 3.63) is 131 Å². The highest BCUT2D eigenvalue weighted by Gasteiger charge is 2.24. The Morgan fingerprint density at radius 1 is 0.821 bits per heavy atom. The molecule has 0 radical (unpaired) electrons. The van der Waals surface area contributed by atoms with Crippen LogP contribution in [0.15, 0.2) is 119 Å². The van der Waals surface area contributed by atoms with Crippen LogP contribution in [-0.2, 0) is 10.8 Å². The van der Waals surface area contributed by atoms with Crippen LogP contribution >= 0.6 is 0 Å². The summed E-state index contributed by atoms with van der Waals surface area (Å²) in [7, 11) is -1.41. The molecule has 5 rings (SSSR count). The minimum absolute atomic E-state index is 0.119. The number of aryl methyl sites for hydroxylation is 1. The van der Waals surface area contributed by atoms with E-state index in [9.17, 15) is 9.00 Å². The number of amides is 1. The van der Waals surface area contributed by atoms with Crippen LogP contribution in [0.5, 0.6) is 0 Å². The van der Waals surface area contributed by atoms with Gasteiger partial charge in [0.25, 0.3) is 5.91 Å². The summed E-state index contributed by atoms with van der Waals surface area (Å²) in [5, 5.41) is 3.23. The van der Waals surface area contributed by atoms with Crippen LogP contribution in [0.2, 0.25) is 0 Å². The molecule has 4 aromatic carbocycles. The third-order valence-electron chi connectivity index (χ3n) is 7.63. The van der Waals surface area contributed by atoms with Gasteiger partial charge in [-0.2, -0.15) is 0 Å². The minimum atomic E-state index is -1.41. The molecule has 39 heavy (non-hydrogen) atoms. The maximum atomic E-state index is 13.3. The molecule has 1 aliphatic rings. The first-order valence-electron chi connectivity index (χ1n) is 13.8. The molecule has 5 heteroatoms. The predicted molar refractivity (Wildman–Crippen MR) is 159 cm³/mol. The third-order valence-corrected chi connectivity index (χ3v) is 9.08. The SMILES string of the molecule is Cc1ccc(S(=O)c2ccccc2C(=O)NC2CCN(CCC(c3ccccc3)c3ccccc3)CC2)cc1. The Morgan fingerprint density at radius 3 is 2.00 bits per heavy atom. The van der Waals surface area contributed by atoms with Crippen LogP contribution in [0.25, 0.3) is 0 Å². The van der Waals surface area contributed by atoms with E-state index < -0.39 is 10.8 Å². The van der Waals surface area contributed by atoms with Crippen molar-refractivity contribution in [2.24, 2.45) is 0 Å². The smallest absolute Gasteiger partial charge is 0.252 e. The average Bonchev–Trinajstić information content (AvgIpc) is 2.99.